The van der Waals surface area contributed by atoms with E-state index in [0.29, 0.717) is 31.8 Å². The molecule has 0 radical (unpaired) electrons. The van der Waals surface area contributed by atoms with Crippen LogP contribution >= 0.6 is 24.0 Å². The first-order valence-electron chi connectivity index (χ1n) is 11.5. The molecule has 0 saturated heterocycles. The topological polar surface area (TPSA) is 64.1 Å². The van der Waals surface area contributed by atoms with Gasteiger partial charge in [-0.3, -0.25) is 0 Å². The van der Waals surface area contributed by atoms with E-state index in [1.54, 1.807) is 7.11 Å². The second-order valence-electron chi connectivity index (χ2n) is 8.07. The Morgan fingerprint density at radius 1 is 1.03 bits per heavy atom. The molecule has 6 nitrogen and oxygen atoms in total. The van der Waals surface area contributed by atoms with Crippen molar-refractivity contribution in [2.24, 2.45) is 10.4 Å². The van der Waals surface area contributed by atoms with Gasteiger partial charge in [-0.2, -0.15) is 0 Å². The van der Waals surface area contributed by atoms with Gasteiger partial charge in [-0.05, 0) is 49.7 Å². The van der Waals surface area contributed by atoms with E-state index in [-0.39, 0.29) is 24.0 Å². The van der Waals surface area contributed by atoms with Crippen LogP contribution in [0, 0.1) is 5.41 Å². The van der Waals surface area contributed by atoms with Crippen LogP contribution in [0.25, 0.3) is 0 Å². The van der Waals surface area contributed by atoms with E-state index in [9.17, 15) is 0 Å². The number of hydrogen-bond acceptors (Lipinski definition) is 4. The lowest BCUT2D eigenvalue weighted by molar-refractivity contribution is 0.0453. The molecule has 178 valence electrons. The third-order valence-electron chi connectivity index (χ3n) is 5.73. The molecule has 1 aliphatic rings. The smallest absolute Gasteiger partial charge is 0.191 e. The van der Waals surface area contributed by atoms with Crippen LogP contribution in [0.5, 0.6) is 0 Å². The highest BCUT2D eigenvalue weighted by Gasteiger charge is 2.33. The number of rotatable bonds is 14. The summed E-state index contributed by atoms with van der Waals surface area (Å²) in [6, 6.07) is 8.46. The monoisotopic (exact) mass is 547 g/mol. The second kappa shape index (κ2) is 16.7. The molecule has 0 atom stereocenters. The van der Waals surface area contributed by atoms with Crippen LogP contribution in [0.2, 0.25) is 0 Å². The zero-order chi connectivity index (χ0) is 21.5. The van der Waals surface area contributed by atoms with E-state index >= 15 is 0 Å². The summed E-state index contributed by atoms with van der Waals surface area (Å²) in [5.74, 6) is 0.888. The predicted octanol–water partition coefficient (Wildman–Crippen LogP) is 4.51. The molecule has 31 heavy (non-hydrogen) atoms. The van der Waals surface area contributed by atoms with Gasteiger partial charge >= 0.3 is 0 Å². The fourth-order valence-corrected chi connectivity index (χ4v) is 4.01. The zero-order valence-electron chi connectivity index (χ0n) is 19.6. The van der Waals surface area contributed by atoms with Gasteiger partial charge < -0.3 is 24.8 Å². The average molecular weight is 548 g/mol. The van der Waals surface area contributed by atoms with Crippen LogP contribution in [0.15, 0.2) is 29.3 Å². The molecule has 1 aromatic rings. The van der Waals surface area contributed by atoms with Gasteiger partial charge in [0, 0.05) is 33.4 Å². The summed E-state index contributed by atoms with van der Waals surface area (Å²) in [6.07, 6.45) is 6.29. The number of nitrogens with zero attached hydrogens (tertiary/aromatic N) is 1. The zero-order valence-corrected chi connectivity index (χ0v) is 21.9. The van der Waals surface area contributed by atoms with Gasteiger partial charge in [0.15, 0.2) is 5.96 Å². The number of guanidine groups is 1. The summed E-state index contributed by atoms with van der Waals surface area (Å²) in [5, 5.41) is 6.98. The molecular formula is C24H42IN3O3. The predicted molar refractivity (Wildman–Crippen MR) is 138 cm³/mol. The van der Waals surface area contributed by atoms with E-state index in [2.05, 4.69) is 41.8 Å². The summed E-state index contributed by atoms with van der Waals surface area (Å²) >= 11 is 0. The number of nitrogens with one attached hydrogen (secondary N) is 2. The van der Waals surface area contributed by atoms with Crippen LogP contribution in [-0.2, 0) is 27.4 Å². The highest BCUT2D eigenvalue weighted by atomic mass is 127. The Hall–Kier alpha value is -0.900. The fourth-order valence-electron chi connectivity index (χ4n) is 4.01. The molecule has 0 unspecified atom stereocenters. The summed E-state index contributed by atoms with van der Waals surface area (Å²) in [7, 11) is 1.79. The second-order valence-corrected chi connectivity index (χ2v) is 8.07. The Morgan fingerprint density at radius 3 is 2.48 bits per heavy atom. The van der Waals surface area contributed by atoms with Crippen molar-refractivity contribution in [1.29, 1.82) is 0 Å². The fraction of sp³-hybridized carbons (Fsp3) is 0.708. The minimum Gasteiger partial charge on any atom is -0.385 e. The van der Waals surface area contributed by atoms with E-state index in [0.717, 1.165) is 38.7 Å². The average Bonchev–Trinajstić information content (AvgIpc) is 3.23. The number of hydrogen-bond donors (Lipinski definition) is 2. The van der Waals surface area contributed by atoms with Gasteiger partial charge in [0.05, 0.1) is 26.4 Å². The van der Waals surface area contributed by atoms with Crippen LogP contribution in [0.3, 0.4) is 0 Å². The number of aliphatic imine (C=N–C) groups is 1. The molecule has 0 spiro atoms. The number of ether oxygens (including phenoxy) is 3. The minimum atomic E-state index is 0. The van der Waals surface area contributed by atoms with Gasteiger partial charge in [0.25, 0.3) is 0 Å². The standard InChI is InChI=1S/C24H41N3O3.HI/c1-4-25-23(27-20-24(13-14-28-3)11-6-7-12-24)26-18-21-9-8-10-22(17-21)19-30-16-15-29-5-2;/h8-10,17H,4-7,11-16,18-20H2,1-3H3,(H2,25,26,27);1H. The van der Waals surface area contributed by atoms with Gasteiger partial charge in [0.1, 0.15) is 0 Å². The van der Waals surface area contributed by atoms with Crippen molar-refractivity contribution in [3.63, 3.8) is 0 Å². The third kappa shape index (κ3) is 11.0. The minimum absolute atomic E-state index is 0. The molecule has 0 heterocycles. The number of benzene rings is 1. The summed E-state index contributed by atoms with van der Waals surface area (Å²) in [5.41, 5.74) is 2.69. The first-order chi connectivity index (χ1) is 14.7. The van der Waals surface area contributed by atoms with Crippen molar-refractivity contribution in [3.05, 3.63) is 35.4 Å². The van der Waals surface area contributed by atoms with Gasteiger partial charge in [-0.15, -0.1) is 24.0 Å². The molecule has 2 N–H and O–H groups in total. The first kappa shape index (κ1) is 28.1. The maximum absolute atomic E-state index is 5.68. The lowest BCUT2D eigenvalue weighted by Gasteiger charge is -2.30. The Morgan fingerprint density at radius 2 is 1.77 bits per heavy atom. The summed E-state index contributed by atoms with van der Waals surface area (Å²) < 4.78 is 16.3. The molecule has 0 amide bonds. The lowest BCUT2D eigenvalue weighted by atomic mass is 9.83. The van der Waals surface area contributed by atoms with Crippen molar-refractivity contribution in [2.75, 3.05) is 46.6 Å². The van der Waals surface area contributed by atoms with Crippen LogP contribution in [-0.4, -0.2) is 52.6 Å². The largest absolute Gasteiger partial charge is 0.385 e. The molecule has 1 aromatic carbocycles. The van der Waals surface area contributed by atoms with Crippen LogP contribution in [0.1, 0.15) is 57.1 Å². The molecule has 7 heteroatoms. The summed E-state index contributed by atoms with van der Waals surface area (Å²) in [6.45, 7) is 9.97. The number of halogens is 1. The van der Waals surface area contributed by atoms with E-state index in [1.165, 1.54) is 36.8 Å². The Balaban J connectivity index is 0.00000480. The molecule has 0 aromatic heterocycles. The van der Waals surface area contributed by atoms with E-state index in [4.69, 9.17) is 19.2 Å². The first-order valence-corrected chi connectivity index (χ1v) is 11.5. The molecule has 2 rings (SSSR count). The van der Waals surface area contributed by atoms with Crippen molar-refractivity contribution >= 4 is 29.9 Å². The third-order valence-corrected chi connectivity index (χ3v) is 5.73. The Labute approximate surface area is 205 Å². The molecule has 1 saturated carbocycles. The maximum Gasteiger partial charge on any atom is 0.191 e. The molecule has 1 fully saturated rings. The maximum atomic E-state index is 5.68. The van der Waals surface area contributed by atoms with Gasteiger partial charge in [-0.25, -0.2) is 4.99 Å². The van der Waals surface area contributed by atoms with Crippen molar-refractivity contribution in [2.45, 2.75) is 59.1 Å². The van der Waals surface area contributed by atoms with Crippen molar-refractivity contribution < 1.29 is 14.2 Å². The van der Waals surface area contributed by atoms with Crippen molar-refractivity contribution in [1.82, 2.24) is 10.6 Å². The molecule has 0 aliphatic heterocycles. The highest BCUT2D eigenvalue weighted by molar-refractivity contribution is 14.0. The molecular weight excluding hydrogens is 505 g/mol. The SMILES string of the molecule is CCNC(=NCc1cccc(COCCOCC)c1)NCC1(CCOC)CCCC1.I. The molecule has 0 bridgehead atoms. The Bertz CT molecular complexity index is 622. The summed E-state index contributed by atoms with van der Waals surface area (Å²) in [4.78, 5) is 4.82. The Kier molecular flexibility index (Phi) is 15.2. The molecule has 1 aliphatic carbocycles. The number of methoxy groups -OCH3 is 1. The lowest BCUT2D eigenvalue weighted by Crippen LogP contribution is -2.43. The highest BCUT2D eigenvalue weighted by Crippen LogP contribution is 2.40. The van der Waals surface area contributed by atoms with Gasteiger partial charge in [-0.1, -0.05) is 37.1 Å². The van der Waals surface area contributed by atoms with Gasteiger partial charge in [0.2, 0.25) is 0 Å². The normalized spacial score (nSPS) is 15.5. The van der Waals surface area contributed by atoms with Crippen LogP contribution in [0.4, 0.5) is 0 Å². The quantitative estimate of drug-likeness (QED) is 0.155. The van der Waals surface area contributed by atoms with E-state index in [1.807, 2.05) is 6.92 Å². The van der Waals surface area contributed by atoms with Crippen molar-refractivity contribution in [3.8, 4) is 0 Å². The van der Waals surface area contributed by atoms with E-state index < -0.39 is 0 Å². The van der Waals surface area contributed by atoms with Crippen LogP contribution < -0.4 is 10.6 Å².